The first kappa shape index (κ1) is 15.4. The molecule has 0 radical (unpaired) electrons. The molecule has 1 aromatic heterocycles. The Morgan fingerprint density at radius 3 is 2.50 bits per heavy atom. The molecule has 2 heterocycles. The van der Waals surface area contributed by atoms with Crippen LogP contribution < -0.4 is 0 Å². The number of likely N-dealkylation sites (tertiary alicyclic amines) is 1. The zero-order valence-corrected chi connectivity index (χ0v) is 13.8. The number of benzene rings is 1. The molecule has 1 aliphatic rings. The summed E-state index contributed by atoms with van der Waals surface area (Å²) in [5.41, 5.74) is 2.30. The first-order valence-electron chi connectivity index (χ1n) is 8.61. The lowest BCUT2D eigenvalue weighted by atomic mass is 10.0. The number of fused-ring (bicyclic) bond motifs is 1. The largest absolute Gasteiger partial charge is 0.301 e. The van der Waals surface area contributed by atoms with Gasteiger partial charge in [-0.2, -0.15) is 0 Å². The zero-order valence-electron chi connectivity index (χ0n) is 13.8. The molecule has 0 unspecified atom stereocenters. The van der Waals surface area contributed by atoms with Crippen LogP contribution in [0.2, 0.25) is 0 Å². The molecule has 0 bridgehead atoms. The van der Waals surface area contributed by atoms with E-state index in [4.69, 9.17) is 4.98 Å². The summed E-state index contributed by atoms with van der Waals surface area (Å²) in [5, 5.41) is 1.23. The van der Waals surface area contributed by atoms with Gasteiger partial charge in [0.2, 0.25) is 0 Å². The highest BCUT2D eigenvalue weighted by Gasteiger charge is 2.22. The molecule has 0 aliphatic carbocycles. The van der Waals surface area contributed by atoms with Gasteiger partial charge in [-0.05, 0) is 38.1 Å². The molecule has 0 atom stereocenters. The van der Waals surface area contributed by atoms with Crippen molar-refractivity contribution in [1.82, 2.24) is 14.8 Å². The van der Waals surface area contributed by atoms with E-state index in [1.807, 2.05) is 0 Å². The molecule has 0 amide bonds. The number of hydrogen-bond acceptors (Lipinski definition) is 3. The van der Waals surface area contributed by atoms with Gasteiger partial charge < -0.3 is 4.90 Å². The van der Waals surface area contributed by atoms with Crippen LogP contribution in [0.15, 0.2) is 36.4 Å². The summed E-state index contributed by atoms with van der Waals surface area (Å²) in [7, 11) is 0. The Morgan fingerprint density at radius 2 is 1.77 bits per heavy atom. The summed E-state index contributed by atoms with van der Waals surface area (Å²) < 4.78 is 0. The highest BCUT2D eigenvalue weighted by Crippen LogP contribution is 2.19. The van der Waals surface area contributed by atoms with E-state index in [9.17, 15) is 0 Å². The van der Waals surface area contributed by atoms with Crippen LogP contribution in [0.3, 0.4) is 0 Å². The molecule has 3 heteroatoms. The minimum absolute atomic E-state index is 0.774. The number of para-hydroxylation sites is 1. The molecule has 1 fully saturated rings. The molecule has 0 N–H and O–H groups in total. The van der Waals surface area contributed by atoms with Crippen molar-refractivity contribution in [2.24, 2.45) is 0 Å². The van der Waals surface area contributed by atoms with E-state index in [0.717, 1.165) is 18.1 Å². The van der Waals surface area contributed by atoms with Crippen molar-refractivity contribution in [1.29, 1.82) is 0 Å². The van der Waals surface area contributed by atoms with Gasteiger partial charge in [-0.25, -0.2) is 0 Å². The van der Waals surface area contributed by atoms with Crippen LogP contribution in [0, 0.1) is 0 Å². The molecule has 1 saturated heterocycles. The lowest BCUT2D eigenvalue weighted by Gasteiger charge is -2.37. The number of aromatic nitrogens is 1. The van der Waals surface area contributed by atoms with Crippen LogP contribution in [0.25, 0.3) is 10.9 Å². The maximum Gasteiger partial charge on any atom is 0.0705 e. The van der Waals surface area contributed by atoms with E-state index in [1.54, 1.807) is 0 Å². The monoisotopic (exact) mass is 297 g/mol. The fourth-order valence-corrected chi connectivity index (χ4v) is 3.61. The highest BCUT2D eigenvalue weighted by molar-refractivity contribution is 5.78. The highest BCUT2D eigenvalue weighted by atomic mass is 15.2. The topological polar surface area (TPSA) is 19.4 Å². The van der Waals surface area contributed by atoms with Gasteiger partial charge in [-0.15, -0.1) is 0 Å². The SMILES string of the molecule is CCN(CC)C1CCN(Cc2ccc3ccccc3n2)CC1. The van der Waals surface area contributed by atoms with Crippen molar-refractivity contribution in [2.45, 2.75) is 39.3 Å². The number of hydrogen-bond donors (Lipinski definition) is 0. The summed E-state index contributed by atoms with van der Waals surface area (Å²) in [6.07, 6.45) is 2.57. The third kappa shape index (κ3) is 3.47. The fraction of sp³-hybridized carbons (Fsp3) is 0.526. The molecule has 2 aromatic rings. The van der Waals surface area contributed by atoms with Gasteiger partial charge in [-0.1, -0.05) is 38.1 Å². The van der Waals surface area contributed by atoms with E-state index in [2.05, 4.69) is 60.0 Å². The van der Waals surface area contributed by atoms with E-state index in [1.165, 1.54) is 50.1 Å². The fourth-order valence-electron chi connectivity index (χ4n) is 3.61. The number of piperidine rings is 1. The van der Waals surface area contributed by atoms with Crippen LogP contribution in [0.5, 0.6) is 0 Å². The lowest BCUT2D eigenvalue weighted by Crippen LogP contribution is -2.44. The first-order valence-corrected chi connectivity index (χ1v) is 8.61. The molecule has 118 valence electrons. The Morgan fingerprint density at radius 1 is 1.05 bits per heavy atom. The van der Waals surface area contributed by atoms with Crippen LogP contribution in [0.1, 0.15) is 32.4 Å². The van der Waals surface area contributed by atoms with Crippen molar-refractivity contribution in [3.05, 3.63) is 42.1 Å². The summed E-state index contributed by atoms with van der Waals surface area (Å²) in [6.45, 7) is 10.3. The number of nitrogens with zero attached hydrogens (tertiary/aromatic N) is 3. The molecular weight excluding hydrogens is 270 g/mol. The maximum atomic E-state index is 4.80. The average molecular weight is 297 g/mol. The Hall–Kier alpha value is -1.45. The summed E-state index contributed by atoms with van der Waals surface area (Å²) in [6, 6.07) is 13.5. The van der Waals surface area contributed by atoms with Crippen molar-refractivity contribution in [3.8, 4) is 0 Å². The van der Waals surface area contributed by atoms with Crippen molar-refractivity contribution in [3.63, 3.8) is 0 Å². The first-order chi connectivity index (χ1) is 10.8. The normalized spacial score (nSPS) is 17.4. The second-order valence-corrected chi connectivity index (χ2v) is 6.22. The van der Waals surface area contributed by atoms with Crippen molar-refractivity contribution < 1.29 is 0 Å². The minimum atomic E-state index is 0.774. The second kappa shape index (κ2) is 7.21. The van der Waals surface area contributed by atoms with Crippen LogP contribution in [-0.4, -0.2) is 47.0 Å². The Labute approximate surface area is 133 Å². The van der Waals surface area contributed by atoms with Gasteiger partial charge in [0.25, 0.3) is 0 Å². The predicted octanol–water partition coefficient (Wildman–Crippen LogP) is 3.54. The maximum absolute atomic E-state index is 4.80. The quantitative estimate of drug-likeness (QED) is 0.841. The molecule has 1 aromatic carbocycles. The summed E-state index contributed by atoms with van der Waals surface area (Å²) >= 11 is 0. The molecule has 22 heavy (non-hydrogen) atoms. The molecule has 1 aliphatic heterocycles. The van der Waals surface area contributed by atoms with Gasteiger partial charge >= 0.3 is 0 Å². The van der Waals surface area contributed by atoms with Gasteiger partial charge in [0.15, 0.2) is 0 Å². The molecule has 3 nitrogen and oxygen atoms in total. The zero-order chi connectivity index (χ0) is 15.4. The van der Waals surface area contributed by atoms with Crippen LogP contribution in [0.4, 0.5) is 0 Å². The van der Waals surface area contributed by atoms with E-state index in [0.29, 0.717) is 0 Å². The lowest BCUT2D eigenvalue weighted by molar-refractivity contribution is 0.112. The number of pyridine rings is 1. The van der Waals surface area contributed by atoms with Gasteiger partial charge in [0.1, 0.15) is 0 Å². The summed E-state index contributed by atoms with van der Waals surface area (Å²) in [5.74, 6) is 0. The molecule has 0 spiro atoms. The Kier molecular flexibility index (Phi) is 5.06. The van der Waals surface area contributed by atoms with Gasteiger partial charge in [-0.3, -0.25) is 9.88 Å². The minimum Gasteiger partial charge on any atom is -0.301 e. The van der Waals surface area contributed by atoms with Crippen LogP contribution >= 0.6 is 0 Å². The summed E-state index contributed by atoms with van der Waals surface area (Å²) in [4.78, 5) is 9.96. The Balaban J connectivity index is 1.59. The van der Waals surface area contributed by atoms with Crippen LogP contribution in [-0.2, 0) is 6.54 Å². The molecule has 3 rings (SSSR count). The van der Waals surface area contributed by atoms with E-state index < -0.39 is 0 Å². The molecular formula is C19H27N3. The smallest absolute Gasteiger partial charge is 0.0705 e. The van der Waals surface area contributed by atoms with Crippen molar-refractivity contribution in [2.75, 3.05) is 26.2 Å². The third-order valence-electron chi connectivity index (χ3n) is 4.93. The van der Waals surface area contributed by atoms with Gasteiger partial charge in [0.05, 0.1) is 11.2 Å². The number of rotatable bonds is 5. The third-order valence-corrected chi connectivity index (χ3v) is 4.93. The predicted molar refractivity (Wildman–Crippen MR) is 93.0 cm³/mol. The molecule has 0 saturated carbocycles. The van der Waals surface area contributed by atoms with E-state index >= 15 is 0 Å². The Bertz CT molecular complexity index is 598. The van der Waals surface area contributed by atoms with Gasteiger partial charge in [0, 0.05) is 31.1 Å². The van der Waals surface area contributed by atoms with E-state index in [-0.39, 0.29) is 0 Å². The average Bonchev–Trinajstić information content (AvgIpc) is 2.57. The van der Waals surface area contributed by atoms with Crippen molar-refractivity contribution >= 4 is 10.9 Å². The standard InChI is InChI=1S/C19H27N3/c1-3-22(4-2)18-11-13-21(14-12-18)15-17-10-9-16-7-5-6-8-19(16)20-17/h5-10,18H,3-4,11-15H2,1-2H3. The second-order valence-electron chi connectivity index (χ2n) is 6.22.